The van der Waals surface area contributed by atoms with Gasteiger partial charge in [0.1, 0.15) is 0 Å². The van der Waals surface area contributed by atoms with Crippen molar-refractivity contribution in [3.8, 4) is 5.69 Å². The molecule has 19 heavy (non-hydrogen) atoms. The fourth-order valence-electron chi connectivity index (χ4n) is 1.74. The van der Waals surface area contributed by atoms with E-state index < -0.39 is 0 Å². The van der Waals surface area contributed by atoms with Gasteiger partial charge in [0.2, 0.25) is 0 Å². The summed E-state index contributed by atoms with van der Waals surface area (Å²) in [6, 6.07) is 5.66. The van der Waals surface area contributed by atoms with Crippen molar-refractivity contribution in [2.45, 2.75) is 26.3 Å². The molecular formula is C12H15BrClN5. The van der Waals surface area contributed by atoms with E-state index in [-0.39, 0.29) is 6.04 Å². The molecule has 2 rings (SSSR count). The minimum Gasteiger partial charge on any atom is -0.307 e. The van der Waals surface area contributed by atoms with Crippen LogP contribution in [0.3, 0.4) is 0 Å². The van der Waals surface area contributed by atoms with Gasteiger partial charge >= 0.3 is 0 Å². The first-order valence-electron chi connectivity index (χ1n) is 6.10. The van der Waals surface area contributed by atoms with Gasteiger partial charge in [-0.15, -0.1) is 5.10 Å². The van der Waals surface area contributed by atoms with E-state index in [1.165, 1.54) is 0 Å². The van der Waals surface area contributed by atoms with Crippen molar-refractivity contribution in [1.29, 1.82) is 0 Å². The summed E-state index contributed by atoms with van der Waals surface area (Å²) >= 11 is 9.64. The summed E-state index contributed by atoms with van der Waals surface area (Å²) in [6.07, 6.45) is 1.06. The summed E-state index contributed by atoms with van der Waals surface area (Å²) in [4.78, 5) is 0. The Morgan fingerprint density at radius 2 is 2.26 bits per heavy atom. The molecule has 0 saturated heterocycles. The second-order valence-electron chi connectivity index (χ2n) is 4.22. The lowest BCUT2D eigenvalue weighted by Crippen LogP contribution is -2.22. The third-order valence-corrected chi connectivity index (χ3v) is 3.53. The molecule has 0 amide bonds. The summed E-state index contributed by atoms with van der Waals surface area (Å²) in [6.45, 7) is 5.07. The van der Waals surface area contributed by atoms with Gasteiger partial charge in [0.25, 0.3) is 0 Å². The van der Waals surface area contributed by atoms with Crippen LogP contribution >= 0.6 is 27.5 Å². The van der Waals surface area contributed by atoms with E-state index >= 15 is 0 Å². The highest BCUT2D eigenvalue weighted by atomic mass is 79.9. The van der Waals surface area contributed by atoms with Gasteiger partial charge in [-0.2, -0.15) is 4.68 Å². The summed E-state index contributed by atoms with van der Waals surface area (Å²) in [5.41, 5.74) is 0.765. The van der Waals surface area contributed by atoms with Gasteiger partial charge in [-0.25, -0.2) is 0 Å². The standard InChI is InChI=1S/C12H15BrClN5/c1-3-6-15-8(2)12-16-17-18-19(12)11-7-9(13)4-5-10(11)14/h4-5,7-8,15H,3,6H2,1-2H3. The van der Waals surface area contributed by atoms with Crippen LogP contribution in [0.25, 0.3) is 5.69 Å². The number of rotatable bonds is 5. The van der Waals surface area contributed by atoms with Crippen molar-refractivity contribution in [3.63, 3.8) is 0 Å². The largest absolute Gasteiger partial charge is 0.307 e. The predicted molar refractivity (Wildman–Crippen MR) is 78.6 cm³/mol. The summed E-state index contributed by atoms with van der Waals surface area (Å²) in [7, 11) is 0. The molecule has 1 heterocycles. The number of nitrogens with one attached hydrogen (secondary N) is 1. The summed E-state index contributed by atoms with van der Waals surface area (Å²) < 4.78 is 2.60. The van der Waals surface area contributed by atoms with Crippen LogP contribution in [0.15, 0.2) is 22.7 Å². The average Bonchev–Trinajstić information content (AvgIpc) is 2.88. The lowest BCUT2D eigenvalue weighted by atomic mass is 10.2. The summed E-state index contributed by atoms with van der Waals surface area (Å²) in [5, 5.41) is 15.8. The SMILES string of the molecule is CCCNC(C)c1nnnn1-c1cc(Br)ccc1Cl. The third-order valence-electron chi connectivity index (χ3n) is 2.72. The van der Waals surface area contributed by atoms with E-state index in [1.807, 2.05) is 25.1 Å². The molecule has 0 aliphatic heterocycles. The molecule has 1 N–H and O–H groups in total. The van der Waals surface area contributed by atoms with Crippen LogP contribution in [-0.2, 0) is 0 Å². The Morgan fingerprint density at radius 3 is 3.00 bits per heavy atom. The van der Waals surface area contributed by atoms with E-state index in [1.54, 1.807) is 4.68 Å². The smallest absolute Gasteiger partial charge is 0.173 e. The maximum Gasteiger partial charge on any atom is 0.173 e. The fourth-order valence-corrected chi connectivity index (χ4v) is 2.28. The quantitative estimate of drug-likeness (QED) is 0.905. The Hall–Kier alpha value is -0.980. The highest BCUT2D eigenvalue weighted by Gasteiger charge is 2.17. The molecule has 2 aromatic rings. The molecule has 0 saturated carbocycles. The van der Waals surface area contributed by atoms with E-state index in [4.69, 9.17) is 11.6 Å². The molecule has 5 nitrogen and oxygen atoms in total. The molecule has 1 aromatic heterocycles. The Kier molecular flexibility index (Phi) is 4.90. The first kappa shape index (κ1) is 14.4. The van der Waals surface area contributed by atoms with Crippen LogP contribution in [0.1, 0.15) is 32.1 Å². The molecule has 0 radical (unpaired) electrons. The minimum atomic E-state index is 0.0602. The average molecular weight is 345 g/mol. The maximum atomic E-state index is 6.21. The normalized spacial score (nSPS) is 12.6. The molecule has 102 valence electrons. The van der Waals surface area contributed by atoms with Crippen LogP contribution in [0.5, 0.6) is 0 Å². The van der Waals surface area contributed by atoms with Gasteiger partial charge < -0.3 is 5.32 Å². The van der Waals surface area contributed by atoms with Gasteiger partial charge in [-0.1, -0.05) is 34.5 Å². The van der Waals surface area contributed by atoms with Crippen LogP contribution in [0.2, 0.25) is 5.02 Å². The molecule has 1 atom stereocenters. The van der Waals surface area contributed by atoms with E-state index in [0.717, 1.165) is 29.0 Å². The fraction of sp³-hybridized carbons (Fsp3) is 0.417. The maximum absolute atomic E-state index is 6.21. The number of hydrogen-bond donors (Lipinski definition) is 1. The number of hydrogen-bond acceptors (Lipinski definition) is 4. The van der Waals surface area contributed by atoms with E-state index in [0.29, 0.717) is 5.02 Å². The first-order valence-corrected chi connectivity index (χ1v) is 7.27. The lowest BCUT2D eigenvalue weighted by Gasteiger charge is -2.13. The zero-order valence-corrected chi connectivity index (χ0v) is 13.1. The number of benzene rings is 1. The lowest BCUT2D eigenvalue weighted by molar-refractivity contribution is 0.531. The van der Waals surface area contributed by atoms with Gasteiger partial charge in [0.05, 0.1) is 16.8 Å². The molecule has 1 aromatic carbocycles. The molecule has 0 aliphatic rings. The highest BCUT2D eigenvalue weighted by Crippen LogP contribution is 2.25. The van der Waals surface area contributed by atoms with Gasteiger partial charge in [-0.3, -0.25) is 0 Å². The number of halogens is 2. The van der Waals surface area contributed by atoms with Gasteiger partial charge in [-0.05, 0) is 48.5 Å². The highest BCUT2D eigenvalue weighted by molar-refractivity contribution is 9.10. The zero-order valence-electron chi connectivity index (χ0n) is 10.8. The van der Waals surface area contributed by atoms with Crippen molar-refractivity contribution in [2.24, 2.45) is 0 Å². The number of tetrazole rings is 1. The Labute approximate surface area is 125 Å². The Balaban J connectivity index is 2.35. The third kappa shape index (κ3) is 3.32. The summed E-state index contributed by atoms with van der Waals surface area (Å²) in [5.74, 6) is 0.744. The molecule has 0 aliphatic carbocycles. The van der Waals surface area contributed by atoms with Crippen molar-refractivity contribution >= 4 is 27.5 Å². The minimum absolute atomic E-state index is 0.0602. The first-order chi connectivity index (χ1) is 9.13. The molecular weight excluding hydrogens is 330 g/mol. The van der Waals surface area contributed by atoms with E-state index in [2.05, 4.69) is 43.7 Å². The van der Waals surface area contributed by atoms with Gasteiger partial charge in [0.15, 0.2) is 5.82 Å². The monoisotopic (exact) mass is 343 g/mol. The number of nitrogens with zero attached hydrogens (tertiary/aromatic N) is 4. The molecule has 1 unspecified atom stereocenters. The molecule has 0 bridgehead atoms. The topological polar surface area (TPSA) is 55.6 Å². The Bertz CT molecular complexity index is 557. The van der Waals surface area contributed by atoms with Crippen LogP contribution in [0.4, 0.5) is 0 Å². The van der Waals surface area contributed by atoms with Crippen molar-refractivity contribution in [1.82, 2.24) is 25.5 Å². The predicted octanol–water partition coefficient (Wildman–Crippen LogP) is 3.14. The van der Waals surface area contributed by atoms with Gasteiger partial charge in [0, 0.05) is 4.47 Å². The van der Waals surface area contributed by atoms with Crippen molar-refractivity contribution in [3.05, 3.63) is 33.5 Å². The van der Waals surface area contributed by atoms with Crippen molar-refractivity contribution in [2.75, 3.05) is 6.54 Å². The molecule has 0 fully saturated rings. The Morgan fingerprint density at radius 1 is 1.47 bits per heavy atom. The number of aromatic nitrogens is 4. The van der Waals surface area contributed by atoms with Crippen molar-refractivity contribution < 1.29 is 0 Å². The van der Waals surface area contributed by atoms with E-state index in [9.17, 15) is 0 Å². The second-order valence-corrected chi connectivity index (χ2v) is 5.54. The molecule has 0 spiro atoms. The second kappa shape index (κ2) is 6.45. The van der Waals surface area contributed by atoms with Crippen LogP contribution in [0, 0.1) is 0 Å². The molecule has 7 heteroatoms. The van der Waals surface area contributed by atoms with Crippen LogP contribution in [-0.4, -0.2) is 26.8 Å². The van der Waals surface area contributed by atoms with Crippen LogP contribution < -0.4 is 5.32 Å². The zero-order chi connectivity index (χ0) is 13.8.